The summed E-state index contributed by atoms with van der Waals surface area (Å²) in [6.07, 6.45) is 58.4. The number of amides is 4. The first-order valence-corrected chi connectivity index (χ1v) is 47.7. The van der Waals surface area contributed by atoms with Gasteiger partial charge < -0.3 is 68.1 Å². The molecule has 644 valence electrons. The number of nitrogens with one attached hydrogen (secondary N) is 4. The Bertz CT molecular complexity index is 2090. The zero-order valence-corrected chi connectivity index (χ0v) is 78.1. The fourth-order valence-corrected chi connectivity index (χ4v) is 14.7. The summed E-state index contributed by atoms with van der Waals surface area (Å²) in [5, 5.41) is 10.6. The molecule has 0 spiro atoms. The number of rotatable bonds is 86. The molecular weight excluding hydrogens is 1470 g/mol. The van der Waals surface area contributed by atoms with Gasteiger partial charge in [0.15, 0.2) is 0 Å². The van der Waals surface area contributed by atoms with Gasteiger partial charge in [-0.25, -0.2) is 0 Å². The molecule has 0 aliphatic rings. The Morgan fingerprint density at radius 1 is 0.288 bits per heavy atom. The van der Waals surface area contributed by atoms with E-state index in [0.29, 0.717) is 51.4 Å². The number of esters is 2. The van der Waals surface area contributed by atoms with Crippen molar-refractivity contribution in [1.29, 1.82) is 0 Å². The first kappa shape index (κ1) is 114. The molecule has 0 aliphatic heterocycles. The second kappa shape index (κ2) is 85.4. The number of phosphoric ester groups is 2. The van der Waals surface area contributed by atoms with Crippen molar-refractivity contribution in [3.05, 3.63) is 0 Å². The van der Waals surface area contributed by atoms with Gasteiger partial charge in [0.25, 0.3) is 15.6 Å². The molecule has 0 aromatic rings. The number of hydrogen-bond donors (Lipinski definition) is 4. The van der Waals surface area contributed by atoms with E-state index in [1.54, 1.807) is 0 Å². The van der Waals surface area contributed by atoms with Crippen LogP contribution in [0.15, 0.2) is 0 Å². The fourth-order valence-electron chi connectivity index (χ4n) is 13.2. The number of unbranched alkanes of at least 4 members (excludes halogenated alkanes) is 44. The molecule has 4 amide bonds. The SMILES string of the molecule is CCCCCCCCCCCCCC(=O)N[C@H](COCC[C@@H](CCCCCCC)OC(=O)CCCCCCCCCCC)COP(=O)([O-])OCCNC(=O)CC(=O)NCCOP(=O)([O-])OC[C@H](COCC[C@@H](CCCCCCC)OC(=O)CCCCCCCCCCC)NC(=O)CCCCCCCCCCCCC.[Na+].[Na+]. The minimum absolute atomic E-state index is 0. The summed E-state index contributed by atoms with van der Waals surface area (Å²) in [4.78, 5) is 104. The Hall–Kier alpha value is -1.04. The van der Waals surface area contributed by atoms with E-state index in [2.05, 4.69) is 62.8 Å². The zero-order valence-electron chi connectivity index (χ0n) is 72.3. The Kier molecular flexibility index (Phi) is 87.8. The van der Waals surface area contributed by atoms with Crippen molar-refractivity contribution < 1.29 is 144 Å². The Morgan fingerprint density at radius 2 is 0.532 bits per heavy atom. The van der Waals surface area contributed by atoms with Crippen LogP contribution in [0.25, 0.3) is 0 Å². The molecule has 0 rings (SSSR count). The van der Waals surface area contributed by atoms with E-state index in [0.717, 1.165) is 141 Å². The van der Waals surface area contributed by atoms with Gasteiger partial charge in [-0.05, 0) is 51.4 Å². The van der Waals surface area contributed by atoms with Crippen LogP contribution in [-0.4, -0.2) is 126 Å². The van der Waals surface area contributed by atoms with Crippen molar-refractivity contribution in [2.45, 2.75) is 445 Å². The largest absolute Gasteiger partial charge is 1.00 e. The second-order valence-electron chi connectivity index (χ2n) is 30.6. The summed E-state index contributed by atoms with van der Waals surface area (Å²) in [5.74, 6) is -2.49. The summed E-state index contributed by atoms with van der Waals surface area (Å²) in [7, 11) is -9.97. The maximum Gasteiger partial charge on any atom is 1.00 e. The molecule has 22 nitrogen and oxygen atoms in total. The van der Waals surface area contributed by atoms with Crippen LogP contribution >= 0.6 is 15.6 Å². The van der Waals surface area contributed by atoms with Gasteiger partial charge in [-0.3, -0.25) is 37.9 Å². The first-order chi connectivity index (χ1) is 52.9. The van der Waals surface area contributed by atoms with Crippen LogP contribution in [0.4, 0.5) is 0 Å². The maximum absolute atomic E-state index is 13.3. The molecule has 26 heteroatoms. The number of carbonyl (C=O) groups excluding carboxylic acids is 6. The number of hydrogen-bond acceptors (Lipinski definition) is 18. The normalized spacial score (nSPS) is 13.5. The average Bonchev–Trinajstić information content (AvgIpc) is 0.922. The van der Waals surface area contributed by atoms with Crippen LogP contribution < -0.4 is 90.2 Å². The quantitative estimate of drug-likeness (QED) is 0.0145. The van der Waals surface area contributed by atoms with Crippen LogP contribution in [-0.2, 0) is 74.9 Å². The van der Waals surface area contributed by atoms with Gasteiger partial charge in [0.05, 0.1) is 64.9 Å². The molecular formula is C85H164N4Na2O18P2. The fraction of sp³-hybridized carbons (Fsp3) is 0.929. The van der Waals surface area contributed by atoms with E-state index in [4.69, 9.17) is 37.0 Å². The van der Waals surface area contributed by atoms with Crippen molar-refractivity contribution in [2.75, 3.05) is 65.9 Å². The number of phosphoric acid groups is 2. The van der Waals surface area contributed by atoms with Crippen LogP contribution in [0.5, 0.6) is 0 Å². The molecule has 0 radical (unpaired) electrons. The van der Waals surface area contributed by atoms with E-state index >= 15 is 0 Å². The standard InChI is InChI=1S/C85H166N4O18P2.2Na/c1-7-13-19-25-29-33-35-39-41-47-53-59-80(90)88-76(72-100-67-63-78(57-51-45-23-17-11-5)106-84(94)61-55-49-43-37-31-27-21-15-9-3)74-104-108(96,97)102-69-65-86-82(92)71-83(93)87-66-70-103-109(98,99)105-75-77(89-81(91)60-54-48-42-40-36-34-30-26-20-14-8-2)73-101-68-64-79(58-52-46-24-18-12-6)107-85(95)62-56-50-44-38-32-28-22-16-10-4;;/h76-79H,7-75H2,1-6H3,(H,86,92)(H,87,93)(H,88,90)(H,89,91)(H,96,97)(H,98,99);;/q;2*+1/p-2/t76-,77+,78-,79-;;/m1../s1. The van der Waals surface area contributed by atoms with E-state index in [1.807, 2.05) is 0 Å². The summed E-state index contributed by atoms with van der Waals surface area (Å²) in [5.41, 5.74) is 0. The second-order valence-corrected chi connectivity index (χ2v) is 33.5. The van der Waals surface area contributed by atoms with Crippen molar-refractivity contribution in [3.8, 4) is 0 Å². The van der Waals surface area contributed by atoms with E-state index in [1.165, 1.54) is 167 Å². The molecule has 0 saturated carbocycles. The maximum atomic E-state index is 13.3. The molecule has 0 aromatic carbocycles. The molecule has 4 N–H and O–H groups in total. The third-order valence-corrected chi connectivity index (χ3v) is 21.8. The predicted octanol–water partition coefficient (Wildman–Crippen LogP) is 14.2. The molecule has 2 unspecified atom stereocenters. The van der Waals surface area contributed by atoms with E-state index in [-0.39, 0.29) is 147 Å². The van der Waals surface area contributed by atoms with Gasteiger partial charge in [0, 0.05) is 51.6 Å². The number of ether oxygens (including phenoxy) is 4. The molecule has 0 saturated heterocycles. The Labute approximate surface area is 721 Å². The molecule has 0 aliphatic carbocycles. The van der Waals surface area contributed by atoms with Gasteiger partial charge in [-0.1, -0.05) is 324 Å². The van der Waals surface area contributed by atoms with Gasteiger partial charge in [-0.2, -0.15) is 0 Å². The summed E-state index contributed by atoms with van der Waals surface area (Å²) < 4.78 is 70.7. The van der Waals surface area contributed by atoms with Gasteiger partial charge in [0.2, 0.25) is 23.6 Å². The van der Waals surface area contributed by atoms with Crippen molar-refractivity contribution in [3.63, 3.8) is 0 Å². The Balaban J connectivity index is -0.0000583. The molecule has 0 heterocycles. The predicted molar refractivity (Wildman–Crippen MR) is 437 cm³/mol. The minimum atomic E-state index is -4.99. The Morgan fingerprint density at radius 3 is 0.802 bits per heavy atom. The topological polar surface area (TPSA) is 305 Å². The molecule has 0 bridgehead atoms. The van der Waals surface area contributed by atoms with Crippen molar-refractivity contribution in [1.82, 2.24) is 21.3 Å². The van der Waals surface area contributed by atoms with Crippen LogP contribution in [0, 0.1) is 0 Å². The minimum Gasteiger partial charge on any atom is -0.756 e. The van der Waals surface area contributed by atoms with Crippen LogP contribution in [0.1, 0.15) is 420 Å². The van der Waals surface area contributed by atoms with E-state index < -0.39 is 72.4 Å². The van der Waals surface area contributed by atoms with Crippen LogP contribution in [0.3, 0.4) is 0 Å². The third-order valence-electron chi connectivity index (χ3n) is 19.9. The van der Waals surface area contributed by atoms with Gasteiger partial charge in [0.1, 0.15) is 18.6 Å². The average molecular weight is 1640 g/mol. The summed E-state index contributed by atoms with van der Waals surface area (Å²) in [6.45, 7) is 10.8. The van der Waals surface area contributed by atoms with Gasteiger partial charge >= 0.3 is 71.1 Å². The van der Waals surface area contributed by atoms with E-state index in [9.17, 15) is 47.7 Å². The summed E-state index contributed by atoms with van der Waals surface area (Å²) >= 11 is 0. The molecule has 0 aromatic heterocycles. The van der Waals surface area contributed by atoms with Crippen LogP contribution in [0.2, 0.25) is 0 Å². The third kappa shape index (κ3) is 82.4. The van der Waals surface area contributed by atoms with Gasteiger partial charge in [-0.15, -0.1) is 0 Å². The molecule has 6 atom stereocenters. The summed E-state index contributed by atoms with van der Waals surface area (Å²) in [6, 6.07) is -1.72. The number of carbonyl (C=O) groups is 6. The molecule has 0 fully saturated rings. The molecule has 111 heavy (non-hydrogen) atoms. The zero-order chi connectivity index (χ0) is 80.0. The smallest absolute Gasteiger partial charge is 0.756 e. The monoisotopic (exact) mass is 1640 g/mol. The van der Waals surface area contributed by atoms with Crippen molar-refractivity contribution >= 4 is 51.2 Å². The first-order valence-electron chi connectivity index (χ1n) is 44.8. The van der Waals surface area contributed by atoms with Crippen molar-refractivity contribution in [2.24, 2.45) is 0 Å².